The highest BCUT2D eigenvalue weighted by molar-refractivity contribution is 5.76. The first-order chi connectivity index (χ1) is 15.5. The van der Waals surface area contributed by atoms with Gasteiger partial charge in [0.05, 0.1) is 25.8 Å². The zero-order valence-corrected chi connectivity index (χ0v) is 18.5. The normalized spacial score (nSPS) is 20.1. The van der Waals surface area contributed by atoms with Gasteiger partial charge in [0.2, 0.25) is 0 Å². The number of hydrogen-bond acceptors (Lipinski definition) is 5. The summed E-state index contributed by atoms with van der Waals surface area (Å²) in [6.07, 6.45) is 5.05. The Bertz CT molecular complexity index is 1070. The van der Waals surface area contributed by atoms with Crippen LogP contribution < -0.4 is 9.64 Å². The molecule has 2 aromatic carbocycles. The largest absolute Gasteiger partial charge is 0.495 e. The number of ether oxygens (including phenoxy) is 2. The van der Waals surface area contributed by atoms with Gasteiger partial charge >= 0.3 is 5.97 Å². The summed E-state index contributed by atoms with van der Waals surface area (Å²) in [6, 6.07) is 16.5. The predicted molar refractivity (Wildman–Crippen MR) is 122 cm³/mol. The first-order valence-corrected chi connectivity index (χ1v) is 10.7. The lowest BCUT2D eigenvalue weighted by Crippen LogP contribution is -2.36. The van der Waals surface area contributed by atoms with Crippen molar-refractivity contribution in [2.24, 2.45) is 5.92 Å². The highest BCUT2D eigenvalue weighted by Gasteiger charge is 2.44. The molecular weight excluding hydrogens is 407 g/mol. The van der Waals surface area contributed by atoms with Gasteiger partial charge in [0.1, 0.15) is 11.6 Å². The summed E-state index contributed by atoms with van der Waals surface area (Å²) in [5, 5.41) is 0. The van der Waals surface area contributed by atoms with E-state index in [2.05, 4.69) is 16.0 Å². The number of rotatable bonds is 6. The van der Waals surface area contributed by atoms with Gasteiger partial charge in [0.15, 0.2) is 0 Å². The summed E-state index contributed by atoms with van der Waals surface area (Å²) in [7, 11) is 5.10. The molecule has 1 aromatic heterocycles. The SMILES string of the molecule is COC(=O)C1CCC(N(C)c2cc(-c3ccncc3)ccc2OC)C1c1ccc(F)cc1. The maximum atomic E-state index is 13.6. The summed E-state index contributed by atoms with van der Waals surface area (Å²) in [5.41, 5.74) is 3.98. The van der Waals surface area contributed by atoms with Gasteiger partial charge in [0.25, 0.3) is 0 Å². The van der Waals surface area contributed by atoms with E-state index in [0.29, 0.717) is 6.42 Å². The monoisotopic (exact) mass is 434 g/mol. The number of carbonyl (C=O) groups excluding carboxylic acids is 1. The molecule has 1 aliphatic carbocycles. The minimum absolute atomic E-state index is 0.0196. The standard InChI is InChI=1S/C26H27FN2O3/c1-29(23-16-19(6-11-24(23)31-2)17-12-14-28-15-13-17)22-10-9-21(26(30)32-3)25(22)18-4-7-20(27)8-5-18/h4-8,11-16,21-22,25H,9-10H2,1-3H3. The van der Waals surface area contributed by atoms with Gasteiger partial charge in [-0.15, -0.1) is 0 Å². The molecule has 0 saturated heterocycles. The van der Waals surface area contributed by atoms with Crippen molar-refractivity contribution in [1.29, 1.82) is 0 Å². The Hall–Kier alpha value is -3.41. The Balaban J connectivity index is 1.74. The van der Waals surface area contributed by atoms with Crippen molar-refractivity contribution in [1.82, 2.24) is 4.98 Å². The lowest BCUT2D eigenvalue weighted by Gasteiger charge is -2.34. The maximum absolute atomic E-state index is 13.6. The number of nitrogens with zero attached hydrogens (tertiary/aromatic N) is 2. The number of esters is 1. The minimum Gasteiger partial charge on any atom is -0.495 e. The van der Waals surface area contributed by atoms with E-state index in [4.69, 9.17) is 9.47 Å². The predicted octanol–water partition coefficient (Wildman–Crippen LogP) is 5.07. The van der Waals surface area contributed by atoms with Crippen LogP contribution in [0.4, 0.5) is 10.1 Å². The van der Waals surface area contributed by atoms with Gasteiger partial charge in [-0.25, -0.2) is 4.39 Å². The Morgan fingerprint density at radius 3 is 2.38 bits per heavy atom. The van der Waals surface area contributed by atoms with Crippen LogP contribution in [0.15, 0.2) is 67.0 Å². The number of benzene rings is 2. The van der Waals surface area contributed by atoms with Crippen molar-refractivity contribution in [3.8, 4) is 16.9 Å². The fraction of sp³-hybridized carbons (Fsp3) is 0.308. The van der Waals surface area contributed by atoms with E-state index in [0.717, 1.165) is 34.5 Å². The van der Waals surface area contributed by atoms with Crippen molar-refractivity contribution < 1.29 is 18.7 Å². The van der Waals surface area contributed by atoms with E-state index in [-0.39, 0.29) is 29.7 Å². The number of pyridine rings is 1. The molecule has 0 bridgehead atoms. The van der Waals surface area contributed by atoms with Crippen LogP contribution in [0.3, 0.4) is 0 Å². The van der Waals surface area contributed by atoms with Crippen LogP contribution >= 0.6 is 0 Å². The molecule has 1 aliphatic rings. The lowest BCUT2D eigenvalue weighted by molar-refractivity contribution is -0.145. The average molecular weight is 435 g/mol. The molecule has 4 rings (SSSR count). The minimum atomic E-state index is -0.294. The Morgan fingerprint density at radius 1 is 1.00 bits per heavy atom. The summed E-state index contributed by atoms with van der Waals surface area (Å²) < 4.78 is 24.4. The van der Waals surface area contributed by atoms with Crippen LogP contribution in [0.25, 0.3) is 11.1 Å². The number of anilines is 1. The summed E-state index contributed by atoms with van der Waals surface area (Å²) in [4.78, 5) is 18.9. The molecule has 6 heteroatoms. The topological polar surface area (TPSA) is 51.7 Å². The number of carbonyl (C=O) groups is 1. The highest BCUT2D eigenvalue weighted by atomic mass is 19.1. The summed E-state index contributed by atoms with van der Waals surface area (Å²) >= 11 is 0. The number of aromatic nitrogens is 1. The van der Waals surface area contributed by atoms with Crippen LogP contribution in [0.1, 0.15) is 24.3 Å². The van der Waals surface area contributed by atoms with Crippen molar-refractivity contribution in [2.75, 3.05) is 26.2 Å². The second-order valence-electron chi connectivity index (χ2n) is 8.09. The summed E-state index contributed by atoms with van der Waals surface area (Å²) in [5.74, 6) is -0.176. The number of methoxy groups -OCH3 is 2. The van der Waals surface area contributed by atoms with Crippen LogP contribution in [-0.2, 0) is 9.53 Å². The van der Waals surface area contributed by atoms with E-state index < -0.39 is 0 Å². The van der Waals surface area contributed by atoms with Gasteiger partial charge in [-0.3, -0.25) is 9.78 Å². The van der Waals surface area contributed by atoms with Gasteiger partial charge in [-0.2, -0.15) is 0 Å². The molecule has 0 radical (unpaired) electrons. The zero-order valence-electron chi connectivity index (χ0n) is 18.5. The average Bonchev–Trinajstić information content (AvgIpc) is 3.29. The maximum Gasteiger partial charge on any atom is 0.309 e. The third-order valence-corrected chi connectivity index (χ3v) is 6.45. The van der Waals surface area contributed by atoms with Crippen molar-refractivity contribution >= 4 is 11.7 Å². The van der Waals surface area contributed by atoms with E-state index in [9.17, 15) is 9.18 Å². The van der Waals surface area contributed by atoms with Crippen LogP contribution in [0.5, 0.6) is 5.75 Å². The third kappa shape index (κ3) is 4.17. The molecule has 166 valence electrons. The molecule has 3 aromatic rings. The molecule has 0 aliphatic heterocycles. The number of halogens is 1. The van der Waals surface area contributed by atoms with E-state index >= 15 is 0 Å². The first-order valence-electron chi connectivity index (χ1n) is 10.7. The van der Waals surface area contributed by atoms with Crippen LogP contribution in [0.2, 0.25) is 0 Å². The molecule has 1 fully saturated rings. The Morgan fingerprint density at radius 2 is 1.72 bits per heavy atom. The summed E-state index contributed by atoms with van der Waals surface area (Å²) in [6.45, 7) is 0. The molecule has 0 spiro atoms. The van der Waals surface area contributed by atoms with Gasteiger partial charge in [-0.1, -0.05) is 18.2 Å². The van der Waals surface area contributed by atoms with Crippen molar-refractivity contribution in [2.45, 2.75) is 24.8 Å². The van der Waals surface area contributed by atoms with Gasteiger partial charge in [0, 0.05) is 31.4 Å². The van der Waals surface area contributed by atoms with E-state index in [1.807, 2.05) is 31.3 Å². The zero-order chi connectivity index (χ0) is 22.7. The second kappa shape index (κ2) is 9.39. The Kier molecular flexibility index (Phi) is 6.40. The Labute approximate surface area is 187 Å². The molecule has 5 nitrogen and oxygen atoms in total. The second-order valence-corrected chi connectivity index (χ2v) is 8.09. The molecule has 0 amide bonds. The van der Waals surface area contributed by atoms with E-state index in [1.54, 1.807) is 31.6 Å². The molecule has 1 saturated carbocycles. The van der Waals surface area contributed by atoms with E-state index in [1.165, 1.54) is 19.2 Å². The third-order valence-electron chi connectivity index (χ3n) is 6.45. The quantitative estimate of drug-likeness (QED) is 0.507. The van der Waals surface area contributed by atoms with Crippen molar-refractivity contribution in [3.63, 3.8) is 0 Å². The number of hydrogen-bond donors (Lipinski definition) is 0. The van der Waals surface area contributed by atoms with Gasteiger partial charge in [-0.05, 0) is 65.9 Å². The molecule has 3 unspecified atom stereocenters. The first kappa shape index (κ1) is 21.8. The lowest BCUT2D eigenvalue weighted by atomic mass is 9.85. The van der Waals surface area contributed by atoms with Crippen LogP contribution in [-0.4, -0.2) is 38.3 Å². The highest BCUT2D eigenvalue weighted by Crippen LogP contribution is 2.46. The molecule has 1 heterocycles. The number of likely N-dealkylation sites (N-methyl/N-ethyl adjacent to an activating group) is 1. The molecule has 32 heavy (non-hydrogen) atoms. The molecule has 3 atom stereocenters. The van der Waals surface area contributed by atoms with Gasteiger partial charge < -0.3 is 14.4 Å². The van der Waals surface area contributed by atoms with Crippen molar-refractivity contribution in [3.05, 3.63) is 78.4 Å². The fourth-order valence-electron chi connectivity index (χ4n) is 4.84. The molecular formula is C26H27FN2O3. The fourth-order valence-corrected chi connectivity index (χ4v) is 4.84. The molecule has 0 N–H and O–H groups in total. The smallest absolute Gasteiger partial charge is 0.309 e. The van der Waals surface area contributed by atoms with Crippen LogP contribution in [0, 0.1) is 11.7 Å².